The summed E-state index contributed by atoms with van der Waals surface area (Å²) in [5.74, 6) is -2.06. The highest BCUT2D eigenvalue weighted by Crippen LogP contribution is 2.24. The Morgan fingerprint density at radius 1 is 1.41 bits per heavy atom. The fourth-order valence-electron chi connectivity index (χ4n) is 1.37. The van der Waals surface area contributed by atoms with Gasteiger partial charge in [0, 0.05) is 6.54 Å². The predicted molar refractivity (Wildman–Crippen MR) is 59.4 cm³/mol. The number of hydrogen-bond acceptors (Lipinski definition) is 3. The van der Waals surface area contributed by atoms with Gasteiger partial charge in [-0.1, -0.05) is 6.92 Å². The van der Waals surface area contributed by atoms with Gasteiger partial charge in [-0.15, -0.1) is 0 Å². The Morgan fingerprint density at radius 3 is 2.41 bits per heavy atom. The second-order valence-corrected chi connectivity index (χ2v) is 3.56. The van der Waals surface area contributed by atoms with E-state index in [4.69, 9.17) is 10.00 Å². The first kappa shape index (κ1) is 13.4. The molecule has 1 aromatic carbocycles. The van der Waals surface area contributed by atoms with Crippen LogP contribution in [0.5, 0.6) is 5.75 Å². The first-order valence-electron chi connectivity index (χ1n) is 5.31. The lowest BCUT2D eigenvalue weighted by atomic mass is 10.2. The molecule has 0 amide bonds. The topological polar surface area (TPSA) is 45.0 Å². The van der Waals surface area contributed by atoms with Crippen molar-refractivity contribution in [2.24, 2.45) is 0 Å². The molecular weight excluding hydrogens is 226 g/mol. The van der Waals surface area contributed by atoms with Crippen LogP contribution in [0, 0.1) is 23.0 Å². The maximum absolute atomic E-state index is 13.6. The maximum atomic E-state index is 13.6. The summed E-state index contributed by atoms with van der Waals surface area (Å²) in [6.07, 6.45) is -0.470. The number of nitrogens with zero attached hydrogens (tertiary/aromatic N) is 1. The van der Waals surface area contributed by atoms with E-state index in [1.54, 1.807) is 14.0 Å². The van der Waals surface area contributed by atoms with Crippen molar-refractivity contribution in [3.63, 3.8) is 0 Å². The van der Waals surface area contributed by atoms with Gasteiger partial charge in [-0.25, -0.2) is 8.78 Å². The summed E-state index contributed by atoms with van der Waals surface area (Å²) in [5, 5.41) is 11.5. The Kier molecular flexibility index (Phi) is 4.85. The molecule has 1 rings (SSSR count). The van der Waals surface area contributed by atoms with E-state index >= 15 is 0 Å². The highest BCUT2D eigenvalue weighted by Gasteiger charge is 2.16. The summed E-state index contributed by atoms with van der Waals surface area (Å²) in [7, 11) is 1.68. The number of ether oxygens (including phenoxy) is 1. The van der Waals surface area contributed by atoms with Crippen LogP contribution in [-0.2, 0) is 6.54 Å². The van der Waals surface area contributed by atoms with Crippen LogP contribution in [0.3, 0.4) is 0 Å². The third-order valence-corrected chi connectivity index (χ3v) is 2.21. The number of benzene rings is 1. The van der Waals surface area contributed by atoms with Gasteiger partial charge in [0.05, 0.1) is 0 Å². The van der Waals surface area contributed by atoms with E-state index < -0.39 is 23.5 Å². The van der Waals surface area contributed by atoms with Gasteiger partial charge in [0.2, 0.25) is 0 Å². The first-order valence-corrected chi connectivity index (χ1v) is 5.31. The average molecular weight is 240 g/mol. The van der Waals surface area contributed by atoms with Gasteiger partial charge >= 0.3 is 0 Å². The Bertz CT molecular complexity index is 406. The van der Waals surface area contributed by atoms with E-state index in [0.29, 0.717) is 18.5 Å². The molecule has 0 fully saturated rings. The summed E-state index contributed by atoms with van der Waals surface area (Å²) in [6.45, 7) is 2.07. The molecule has 92 valence electrons. The molecule has 0 radical (unpaired) electrons. The second-order valence-electron chi connectivity index (χ2n) is 3.56. The molecule has 1 N–H and O–H groups in total. The molecule has 0 saturated carbocycles. The summed E-state index contributed by atoms with van der Waals surface area (Å²) in [6, 6.07) is 4.21. The molecule has 1 aromatic rings. The minimum Gasteiger partial charge on any atom is -0.469 e. The Labute approximate surface area is 99.0 Å². The van der Waals surface area contributed by atoms with Crippen molar-refractivity contribution < 1.29 is 13.5 Å². The van der Waals surface area contributed by atoms with Crippen molar-refractivity contribution in [3.8, 4) is 11.8 Å². The van der Waals surface area contributed by atoms with Gasteiger partial charge < -0.3 is 10.1 Å². The smallest absolute Gasteiger partial charge is 0.192 e. The normalized spacial score (nSPS) is 11.9. The molecule has 1 unspecified atom stereocenters. The largest absolute Gasteiger partial charge is 0.469 e. The predicted octanol–water partition coefficient (Wildman–Crippen LogP) is 2.37. The molecule has 3 nitrogen and oxygen atoms in total. The molecule has 0 aromatic heterocycles. The monoisotopic (exact) mass is 240 g/mol. The van der Waals surface area contributed by atoms with E-state index in [9.17, 15) is 8.78 Å². The molecular formula is C12H14F2N2O. The lowest BCUT2D eigenvalue weighted by Gasteiger charge is -2.13. The molecule has 5 heteroatoms. The van der Waals surface area contributed by atoms with Gasteiger partial charge in [-0.2, -0.15) is 5.26 Å². The standard InChI is InChI=1S/C12H14F2N2O/c1-3-9(6-15)17-12-10(13)4-8(7-16-2)5-11(12)14/h4-5,9,16H,3,7H2,1-2H3. The average Bonchev–Trinajstić information content (AvgIpc) is 2.29. The zero-order chi connectivity index (χ0) is 12.8. The molecule has 0 heterocycles. The van der Waals surface area contributed by atoms with Crippen LogP contribution < -0.4 is 10.1 Å². The van der Waals surface area contributed by atoms with Gasteiger partial charge in [0.25, 0.3) is 0 Å². The maximum Gasteiger partial charge on any atom is 0.192 e. The first-order chi connectivity index (χ1) is 8.12. The number of rotatable bonds is 5. The Balaban J connectivity index is 2.97. The van der Waals surface area contributed by atoms with Crippen molar-refractivity contribution in [2.45, 2.75) is 26.0 Å². The van der Waals surface area contributed by atoms with Crippen LogP contribution in [-0.4, -0.2) is 13.2 Å². The van der Waals surface area contributed by atoms with E-state index in [-0.39, 0.29) is 0 Å². The SMILES string of the molecule is CCC(C#N)Oc1c(F)cc(CNC)cc1F. The van der Waals surface area contributed by atoms with Gasteiger partial charge in [-0.05, 0) is 31.2 Å². The van der Waals surface area contributed by atoms with E-state index in [0.717, 1.165) is 0 Å². The van der Waals surface area contributed by atoms with Crippen LogP contribution in [0.4, 0.5) is 8.78 Å². The fraction of sp³-hybridized carbons (Fsp3) is 0.417. The summed E-state index contributed by atoms with van der Waals surface area (Å²) in [4.78, 5) is 0. The second kappa shape index (κ2) is 6.16. The third kappa shape index (κ3) is 3.40. The number of hydrogen-bond donors (Lipinski definition) is 1. The minimum absolute atomic E-state index is 0.365. The lowest BCUT2D eigenvalue weighted by Crippen LogP contribution is -2.15. The molecule has 0 aliphatic carbocycles. The van der Waals surface area contributed by atoms with E-state index in [1.165, 1.54) is 12.1 Å². The van der Waals surface area contributed by atoms with E-state index in [2.05, 4.69) is 5.32 Å². The van der Waals surface area contributed by atoms with Gasteiger partial charge in [-0.3, -0.25) is 0 Å². The van der Waals surface area contributed by atoms with Crippen molar-refractivity contribution in [2.75, 3.05) is 7.05 Å². The van der Waals surface area contributed by atoms with Crippen LogP contribution in [0.25, 0.3) is 0 Å². The van der Waals surface area contributed by atoms with Crippen molar-refractivity contribution in [1.29, 1.82) is 5.26 Å². The Hall–Kier alpha value is -1.67. The van der Waals surface area contributed by atoms with Crippen molar-refractivity contribution in [3.05, 3.63) is 29.3 Å². The zero-order valence-electron chi connectivity index (χ0n) is 9.76. The number of halogens is 2. The number of nitrogens with one attached hydrogen (secondary N) is 1. The van der Waals surface area contributed by atoms with Crippen LogP contribution in [0.15, 0.2) is 12.1 Å². The molecule has 0 aliphatic rings. The Morgan fingerprint density at radius 2 is 2.00 bits per heavy atom. The summed E-state index contributed by atoms with van der Waals surface area (Å²) in [5.41, 5.74) is 0.486. The third-order valence-electron chi connectivity index (χ3n) is 2.21. The molecule has 0 aliphatic heterocycles. The molecule has 1 atom stereocenters. The fourth-order valence-corrected chi connectivity index (χ4v) is 1.37. The quantitative estimate of drug-likeness (QED) is 0.859. The number of nitriles is 1. The summed E-state index contributed by atoms with van der Waals surface area (Å²) < 4.78 is 32.1. The molecule has 17 heavy (non-hydrogen) atoms. The van der Waals surface area contributed by atoms with Gasteiger partial charge in [0.15, 0.2) is 23.5 Å². The van der Waals surface area contributed by atoms with Crippen molar-refractivity contribution in [1.82, 2.24) is 5.32 Å². The lowest BCUT2D eigenvalue weighted by molar-refractivity contribution is 0.228. The highest BCUT2D eigenvalue weighted by atomic mass is 19.1. The summed E-state index contributed by atoms with van der Waals surface area (Å²) >= 11 is 0. The molecule has 0 saturated heterocycles. The van der Waals surface area contributed by atoms with E-state index in [1.807, 2.05) is 6.07 Å². The molecule has 0 bridgehead atoms. The van der Waals surface area contributed by atoms with Crippen LogP contribution in [0.1, 0.15) is 18.9 Å². The zero-order valence-corrected chi connectivity index (χ0v) is 9.76. The highest BCUT2D eigenvalue weighted by molar-refractivity contribution is 5.31. The van der Waals surface area contributed by atoms with Crippen molar-refractivity contribution >= 4 is 0 Å². The minimum atomic E-state index is -0.839. The van der Waals surface area contributed by atoms with Crippen LogP contribution >= 0.6 is 0 Å². The van der Waals surface area contributed by atoms with Crippen LogP contribution in [0.2, 0.25) is 0 Å². The molecule has 0 spiro atoms. The van der Waals surface area contributed by atoms with Gasteiger partial charge in [0.1, 0.15) is 6.07 Å².